The van der Waals surface area contributed by atoms with Crippen molar-refractivity contribution >= 4 is 9.84 Å². The van der Waals surface area contributed by atoms with E-state index in [1.807, 2.05) is 0 Å². The van der Waals surface area contributed by atoms with Crippen LogP contribution in [0.25, 0.3) is 0 Å². The SMILES string of the molecule is CCCCNC=C(C)S(C)(=O)=O. The zero-order valence-corrected chi connectivity index (χ0v) is 8.74. The Balaban J connectivity index is 3.87. The molecule has 3 nitrogen and oxygen atoms in total. The van der Waals surface area contributed by atoms with E-state index in [1.165, 1.54) is 6.26 Å². The molecule has 0 fully saturated rings. The van der Waals surface area contributed by atoms with E-state index < -0.39 is 9.84 Å². The monoisotopic (exact) mass is 191 g/mol. The van der Waals surface area contributed by atoms with Gasteiger partial charge in [-0.3, -0.25) is 0 Å². The molecule has 0 amide bonds. The Morgan fingerprint density at radius 2 is 2.08 bits per heavy atom. The van der Waals surface area contributed by atoms with E-state index in [0.29, 0.717) is 4.91 Å². The van der Waals surface area contributed by atoms with E-state index >= 15 is 0 Å². The molecule has 0 heterocycles. The molecule has 72 valence electrons. The molecule has 0 aliphatic heterocycles. The molecule has 0 radical (unpaired) electrons. The highest BCUT2D eigenvalue weighted by Gasteiger charge is 2.02. The minimum atomic E-state index is -2.99. The van der Waals surface area contributed by atoms with Crippen LogP contribution in [0.5, 0.6) is 0 Å². The molecule has 0 aromatic heterocycles. The lowest BCUT2D eigenvalue weighted by Crippen LogP contribution is -2.09. The van der Waals surface area contributed by atoms with Crippen LogP contribution in [0.2, 0.25) is 0 Å². The molecule has 0 bridgehead atoms. The predicted octanol–water partition coefficient (Wildman–Crippen LogP) is 1.28. The summed E-state index contributed by atoms with van der Waals surface area (Å²) < 4.78 is 21.8. The second-order valence-corrected chi connectivity index (χ2v) is 5.02. The van der Waals surface area contributed by atoms with Crippen LogP contribution in [-0.4, -0.2) is 21.2 Å². The van der Waals surface area contributed by atoms with Crippen LogP contribution in [-0.2, 0) is 9.84 Å². The van der Waals surface area contributed by atoms with Gasteiger partial charge in [0.25, 0.3) is 0 Å². The van der Waals surface area contributed by atoms with Crippen LogP contribution >= 0.6 is 0 Å². The molecule has 0 aromatic rings. The van der Waals surface area contributed by atoms with E-state index in [-0.39, 0.29) is 0 Å². The Bertz CT molecular complexity index is 242. The van der Waals surface area contributed by atoms with E-state index in [0.717, 1.165) is 19.4 Å². The van der Waals surface area contributed by atoms with Crippen molar-refractivity contribution in [3.05, 3.63) is 11.1 Å². The van der Waals surface area contributed by atoms with Gasteiger partial charge in [-0.2, -0.15) is 0 Å². The second kappa shape index (κ2) is 5.19. The van der Waals surface area contributed by atoms with Crippen molar-refractivity contribution in [1.29, 1.82) is 0 Å². The van der Waals surface area contributed by atoms with Crippen LogP contribution in [0.1, 0.15) is 26.7 Å². The topological polar surface area (TPSA) is 46.2 Å². The van der Waals surface area contributed by atoms with Gasteiger partial charge in [0.2, 0.25) is 0 Å². The summed E-state index contributed by atoms with van der Waals surface area (Å²) in [5, 5.41) is 2.95. The zero-order chi connectivity index (χ0) is 9.61. The average molecular weight is 191 g/mol. The summed E-state index contributed by atoms with van der Waals surface area (Å²) in [6.45, 7) is 4.52. The number of sulfone groups is 1. The van der Waals surface area contributed by atoms with Crippen LogP contribution in [0.15, 0.2) is 11.1 Å². The van der Waals surface area contributed by atoms with Gasteiger partial charge < -0.3 is 5.32 Å². The van der Waals surface area contributed by atoms with Gasteiger partial charge in [0.1, 0.15) is 0 Å². The quantitative estimate of drug-likeness (QED) is 0.666. The summed E-state index contributed by atoms with van der Waals surface area (Å²) >= 11 is 0. The summed E-state index contributed by atoms with van der Waals surface area (Å²) in [5.41, 5.74) is 0. The Hall–Kier alpha value is -0.510. The molecule has 0 aliphatic rings. The first-order valence-corrected chi connectivity index (χ1v) is 5.98. The maximum Gasteiger partial charge on any atom is 0.172 e. The Labute approximate surface area is 74.8 Å². The molecule has 0 atom stereocenters. The molecule has 4 heteroatoms. The van der Waals surface area contributed by atoms with E-state index in [1.54, 1.807) is 13.1 Å². The van der Waals surface area contributed by atoms with Crippen LogP contribution < -0.4 is 5.32 Å². The maximum atomic E-state index is 10.9. The first-order valence-electron chi connectivity index (χ1n) is 4.08. The van der Waals surface area contributed by atoms with Gasteiger partial charge in [-0.1, -0.05) is 13.3 Å². The minimum absolute atomic E-state index is 0.388. The molecule has 1 N–H and O–H groups in total. The third-order valence-electron chi connectivity index (χ3n) is 1.56. The summed E-state index contributed by atoms with van der Waals surface area (Å²) in [6, 6.07) is 0. The average Bonchev–Trinajstić information content (AvgIpc) is 1.96. The molecule has 0 saturated carbocycles. The van der Waals surface area contributed by atoms with Gasteiger partial charge in [0.05, 0.1) is 4.91 Å². The van der Waals surface area contributed by atoms with Crippen molar-refractivity contribution in [1.82, 2.24) is 5.32 Å². The highest BCUT2D eigenvalue weighted by Crippen LogP contribution is 1.99. The first kappa shape index (κ1) is 11.5. The molecule has 0 aliphatic carbocycles. The van der Waals surface area contributed by atoms with Crippen LogP contribution in [0.4, 0.5) is 0 Å². The second-order valence-electron chi connectivity index (χ2n) is 2.83. The van der Waals surface area contributed by atoms with Crippen molar-refractivity contribution in [3.63, 3.8) is 0 Å². The Kier molecular flexibility index (Phi) is 4.97. The van der Waals surface area contributed by atoms with Crippen molar-refractivity contribution in [2.45, 2.75) is 26.7 Å². The minimum Gasteiger partial charge on any atom is -0.390 e. The lowest BCUT2D eigenvalue weighted by molar-refractivity contribution is 0.607. The van der Waals surface area contributed by atoms with Gasteiger partial charge in [-0.25, -0.2) is 8.42 Å². The van der Waals surface area contributed by atoms with Crippen molar-refractivity contribution in [2.24, 2.45) is 0 Å². The number of rotatable bonds is 5. The predicted molar refractivity (Wildman–Crippen MR) is 51.5 cm³/mol. The van der Waals surface area contributed by atoms with E-state index in [9.17, 15) is 8.42 Å². The van der Waals surface area contributed by atoms with E-state index in [4.69, 9.17) is 0 Å². The molecule has 0 rings (SSSR count). The fourth-order valence-electron chi connectivity index (χ4n) is 0.602. The number of hydrogen-bond acceptors (Lipinski definition) is 3. The number of allylic oxidation sites excluding steroid dienone is 1. The lowest BCUT2D eigenvalue weighted by atomic mass is 10.3. The van der Waals surface area contributed by atoms with Crippen molar-refractivity contribution < 1.29 is 8.42 Å². The largest absolute Gasteiger partial charge is 0.390 e. The summed E-state index contributed by atoms with van der Waals surface area (Å²) in [7, 11) is -2.99. The molecule has 0 aromatic carbocycles. The van der Waals surface area contributed by atoms with Gasteiger partial charge >= 0.3 is 0 Å². The summed E-state index contributed by atoms with van der Waals surface area (Å²) in [6.07, 6.45) is 4.94. The van der Waals surface area contributed by atoms with Crippen molar-refractivity contribution in [3.8, 4) is 0 Å². The summed E-state index contributed by atoms with van der Waals surface area (Å²) in [5.74, 6) is 0. The Morgan fingerprint density at radius 1 is 1.50 bits per heavy atom. The number of nitrogens with one attached hydrogen (secondary N) is 1. The van der Waals surface area contributed by atoms with Crippen LogP contribution in [0.3, 0.4) is 0 Å². The molecule has 12 heavy (non-hydrogen) atoms. The standard InChI is InChI=1S/C8H17NO2S/c1-4-5-6-9-7-8(2)12(3,10)11/h7,9H,4-6H2,1-3H3. The molecule has 0 spiro atoms. The summed E-state index contributed by atoms with van der Waals surface area (Å²) in [4.78, 5) is 0.388. The van der Waals surface area contributed by atoms with Crippen LogP contribution in [0, 0.1) is 0 Å². The normalized spacial score (nSPS) is 13.1. The smallest absolute Gasteiger partial charge is 0.172 e. The molecule has 0 unspecified atom stereocenters. The third-order valence-corrected chi connectivity index (χ3v) is 2.85. The fourth-order valence-corrected chi connectivity index (χ4v) is 0.899. The lowest BCUT2D eigenvalue weighted by Gasteiger charge is -2.00. The van der Waals surface area contributed by atoms with E-state index in [2.05, 4.69) is 12.2 Å². The molecular weight excluding hydrogens is 174 g/mol. The highest BCUT2D eigenvalue weighted by molar-refractivity contribution is 7.94. The molecule has 0 saturated heterocycles. The maximum absolute atomic E-state index is 10.9. The highest BCUT2D eigenvalue weighted by atomic mass is 32.2. The van der Waals surface area contributed by atoms with Gasteiger partial charge in [-0.15, -0.1) is 0 Å². The van der Waals surface area contributed by atoms with Gasteiger partial charge in [0.15, 0.2) is 9.84 Å². The number of hydrogen-bond donors (Lipinski definition) is 1. The van der Waals surface area contributed by atoms with Gasteiger partial charge in [0, 0.05) is 19.0 Å². The van der Waals surface area contributed by atoms with Crippen molar-refractivity contribution in [2.75, 3.05) is 12.8 Å². The molecular formula is C8H17NO2S. The van der Waals surface area contributed by atoms with Gasteiger partial charge in [-0.05, 0) is 13.3 Å². The number of unbranched alkanes of at least 4 members (excludes halogenated alkanes) is 1. The third kappa shape index (κ3) is 5.18. The zero-order valence-electron chi connectivity index (χ0n) is 7.92. The fraction of sp³-hybridized carbons (Fsp3) is 0.750. The first-order chi connectivity index (χ1) is 5.48. The Morgan fingerprint density at radius 3 is 2.50 bits per heavy atom.